The Morgan fingerprint density at radius 1 is 0.889 bits per heavy atom. The molecule has 0 spiro atoms. The predicted octanol–water partition coefficient (Wildman–Crippen LogP) is -0.227. The van der Waals surface area contributed by atoms with E-state index in [0.717, 1.165) is 12.1 Å². The van der Waals surface area contributed by atoms with Gasteiger partial charge in [-0.15, -0.1) is 0 Å². The number of phenolic OH excluding ortho intramolecular Hbond substituents is 3. The van der Waals surface area contributed by atoms with Crippen molar-refractivity contribution in [3.8, 4) is 45.8 Å². The van der Waals surface area contributed by atoms with Crippen LogP contribution < -0.4 is 19.6 Å². The van der Waals surface area contributed by atoms with Gasteiger partial charge in [-0.2, -0.15) is 0 Å². The number of methoxy groups -OCH3 is 2. The molecule has 2 aromatic carbocycles. The summed E-state index contributed by atoms with van der Waals surface area (Å²) in [6.07, 6.45) is -8.22. The molecular weight excluding hydrogens is 484 g/mol. The zero-order chi connectivity index (χ0) is 26.3. The van der Waals surface area contributed by atoms with Crippen molar-refractivity contribution >= 4 is 11.0 Å². The van der Waals surface area contributed by atoms with Gasteiger partial charge in [0.2, 0.25) is 23.5 Å². The van der Waals surface area contributed by atoms with E-state index in [-0.39, 0.29) is 39.5 Å². The molecule has 13 heteroatoms. The maximum Gasteiger partial charge on any atom is 0.229 e. The van der Waals surface area contributed by atoms with Gasteiger partial charge in [-0.1, -0.05) is 0 Å². The number of benzene rings is 2. The molecule has 0 saturated carbocycles. The summed E-state index contributed by atoms with van der Waals surface area (Å²) < 4.78 is 27.5. The van der Waals surface area contributed by atoms with Crippen molar-refractivity contribution < 1.29 is 59.1 Å². The van der Waals surface area contributed by atoms with Crippen LogP contribution in [-0.2, 0) is 4.74 Å². The number of aliphatic hydroxyl groups is 4. The summed E-state index contributed by atoms with van der Waals surface area (Å²) in [5.41, 5.74) is -0.953. The molecule has 4 rings (SSSR count). The van der Waals surface area contributed by atoms with Gasteiger partial charge < -0.3 is 59.1 Å². The molecular formula is C23H24O13. The number of phenols is 3. The minimum absolute atomic E-state index is 0.104. The lowest BCUT2D eigenvalue weighted by Gasteiger charge is -2.39. The highest BCUT2D eigenvalue weighted by Crippen LogP contribution is 2.51. The van der Waals surface area contributed by atoms with E-state index in [1.807, 2.05) is 0 Å². The lowest BCUT2D eigenvalue weighted by atomic mass is 9.99. The van der Waals surface area contributed by atoms with Crippen molar-refractivity contribution in [1.82, 2.24) is 0 Å². The molecule has 0 radical (unpaired) electrons. The zero-order valence-corrected chi connectivity index (χ0v) is 19.0. The lowest BCUT2D eigenvalue weighted by Crippen LogP contribution is -2.60. The third kappa shape index (κ3) is 4.12. The fraction of sp³-hybridized carbons (Fsp3) is 0.348. The quantitative estimate of drug-likeness (QED) is 0.215. The molecule has 1 aromatic heterocycles. The first-order valence-corrected chi connectivity index (χ1v) is 10.6. The van der Waals surface area contributed by atoms with E-state index in [9.17, 15) is 40.5 Å². The van der Waals surface area contributed by atoms with Crippen molar-refractivity contribution in [1.29, 1.82) is 0 Å². The van der Waals surface area contributed by atoms with Crippen molar-refractivity contribution in [2.45, 2.75) is 30.7 Å². The van der Waals surface area contributed by atoms with Crippen LogP contribution in [0.3, 0.4) is 0 Å². The van der Waals surface area contributed by atoms with Crippen LogP contribution >= 0.6 is 0 Å². The fourth-order valence-electron chi connectivity index (χ4n) is 3.89. The fourth-order valence-corrected chi connectivity index (χ4v) is 3.89. The molecule has 1 saturated heterocycles. The highest BCUT2D eigenvalue weighted by molar-refractivity contribution is 5.95. The third-order valence-electron chi connectivity index (χ3n) is 5.77. The molecule has 0 bridgehead atoms. The number of hydrogen-bond donors (Lipinski definition) is 7. The second kappa shape index (κ2) is 9.72. The van der Waals surface area contributed by atoms with Crippen LogP contribution in [0.5, 0.6) is 34.5 Å². The Bertz CT molecular complexity index is 1330. The molecule has 1 aliphatic rings. The normalized spacial score (nSPS) is 24.0. The first-order valence-electron chi connectivity index (χ1n) is 10.6. The summed E-state index contributed by atoms with van der Waals surface area (Å²) >= 11 is 0. The number of aliphatic hydroxyl groups excluding tert-OH is 4. The van der Waals surface area contributed by atoms with Crippen molar-refractivity contribution in [3.63, 3.8) is 0 Å². The number of ether oxygens (including phenoxy) is 4. The predicted molar refractivity (Wildman–Crippen MR) is 120 cm³/mol. The summed E-state index contributed by atoms with van der Waals surface area (Å²) in [5, 5.41) is 69.9. The van der Waals surface area contributed by atoms with Gasteiger partial charge in [-0.05, 0) is 18.2 Å². The Hall–Kier alpha value is -3.75. The molecule has 0 amide bonds. The van der Waals surface area contributed by atoms with E-state index < -0.39 is 60.0 Å². The topological polar surface area (TPSA) is 209 Å². The van der Waals surface area contributed by atoms with Crippen LogP contribution in [-0.4, -0.2) is 87.3 Å². The van der Waals surface area contributed by atoms with Crippen molar-refractivity contribution in [2.75, 3.05) is 20.8 Å². The lowest BCUT2D eigenvalue weighted by molar-refractivity contribution is -0.277. The minimum atomic E-state index is -1.81. The zero-order valence-electron chi connectivity index (χ0n) is 19.0. The Balaban J connectivity index is 1.95. The Kier molecular flexibility index (Phi) is 6.84. The Morgan fingerprint density at radius 2 is 1.58 bits per heavy atom. The van der Waals surface area contributed by atoms with E-state index in [0.29, 0.717) is 0 Å². The molecule has 13 nitrogen and oxygen atoms in total. The van der Waals surface area contributed by atoms with E-state index in [1.54, 1.807) is 0 Å². The Morgan fingerprint density at radius 3 is 2.19 bits per heavy atom. The maximum absolute atomic E-state index is 13.0. The van der Waals surface area contributed by atoms with Crippen LogP contribution in [0.1, 0.15) is 0 Å². The molecule has 5 unspecified atom stereocenters. The second-order valence-corrected chi connectivity index (χ2v) is 7.94. The average Bonchev–Trinajstić information content (AvgIpc) is 2.86. The summed E-state index contributed by atoms with van der Waals surface area (Å²) in [6.45, 7) is -0.717. The standard InChI is InChI=1S/C23H24O13/c1-32-20-16(29)14-11(27)6-12(8-3-4-9(25)10(26)5-8)34-19(14)22(21(20)33-2)36-23-18(31)17(30)15(28)13(7-24)35-23/h3-6,13,15,17-18,23-26,28-31H,7H2,1-2H3. The van der Waals surface area contributed by atoms with Crippen LogP contribution in [0.25, 0.3) is 22.3 Å². The van der Waals surface area contributed by atoms with Gasteiger partial charge in [0.15, 0.2) is 28.3 Å². The smallest absolute Gasteiger partial charge is 0.229 e. The first kappa shape index (κ1) is 25.3. The third-order valence-corrected chi connectivity index (χ3v) is 5.77. The summed E-state index contributed by atoms with van der Waals surface area (Å²) in [7, 11) is 2.39. The second-order valence-electron chi connectivity index (χ2n) is 7.94. The molecule has 3 aromatic rings. The highest BCUT2D eigenvalue weighted by atomic mass is 16.7. The van der Waals surface area contributed by atoms with Crippen molar-refractivity contribution in [3.05, 3.63) is 34.5 Å². The number of aromatic hydroxyl groups is 3. The van der Waals surface area contributed by atoms with Crippen LogP contribution in [0.4, 0.5) is 0 Å². The van der Waals surface area contributed by atoms with E-state index in [1.165, 1.54) is 26.4 Å². The van der Waals surface area contributed by atoms with Gasteiger partial charge >= 0.3 is 0 Å². The van der Waals surface area contributed by atoms with Gasteiger partial charge in [0.05, 0.1) is 20.8 Å². The number of fused-ring (bicyclic) bond motifs is 1. The summed E-state index contributed by atoms with van der Waals surface area (Å²) in [6, 6.07) is 4.69. The number of rotatable bonds is 6. The molecule has 1 fully saturated rings. The monoisotopic (exact) mass is 508 g/mol. The largest absolute Gasteiger partial charge is 0.504 e. The summed E-state index contributed by atoms with van der Waals surface area (Å²) in [5.74, 6) is -2.60. The van der Waals surface area contributed by atoms with E-state index >= 15 is 0 Å². The summed E-state index contributed by atoms with van der Waals surface area (Å²) in [4.78, 5) is 13.0. The van der Waals surface area contributed by atoms with Gasteiger partial charge in [0.1, 0.15) is 35.6 Å². The highest BCUT2D eigenvalue weighted by Gasteiger charge is 2.45. The maximum atomic E-state index is 13.0. The molecule has 2 heterocycles. The van der Waals surface area contributed by atoms with Crippen LogP contribution in [0.2, 0.25) is 0 Å². The average molecular weight is 508 g/mol. The van der Waals surface area contributed by atoms with Crippen LogP contribution in [0, 0.1) is 0 Å². The van der Waals surface area contributed by atoms with E-state index in [2.05, 4.69) is 0 Å². The van der Waals surface area contributed by atoms with Gasteiger partial charge in [-0.3, -0.25) is 4.79 Å². The van der Waals surface area contributed by atoms with E-state index in [4.69, 9.17) is 23.4 Å². The van der Waals surface area contributed by atoms with Gasteiger partial charge in [0.25, 0.3) is 0 Å². The Labute approximate surface area is 202 Å². The van der Waals surface area contributed by atoms with Crippen molar-refractivity contribution in [2.24, 2.45) is 0 Å². The first-order chi connectivity index (χ1) is 17.1. The molecule has 0 aliphatic carbocycles. The van der Waals surface area contributed by atoms with Gasteiger partial charge in [0, 0.05) is 11.6 Å². The number of hydrogen-bond acceptors (Lipinski definition) is 13. The molecule has 5 atom stereocenters. The molecule has 7 N–H and O–H groups in total. The minimum Gasteiger partial charge on any atom is -0.504 e. The van der Waals surface area contributed by atoms with Gasteiger partial charge in [-0.25, -0.2) is 0 Å². The van der Waals surface area contributed by atoms with Crippen LogP contribution in [0.15, 0.2) is 33.5 Å². The molecule has 194 valence electrons. The molecule has 36 heavy (non-hydrogen) atoms. The SMILES string of the molecule is COc1c(OC)c(O)c2c(=O)cc(-c3ccc(O)c(O)c3)oc2c1OC1OC(CO)C(O)C(O)C1O. The molecule has 1 aliphatic heterocycles.